The quantitative estimate of drug-likeness (QED) is 0.769. The highest BCUT2D eigenvalue weighted by atomic mass is 35.5. The van der Waals surface area contributed by atoms with Gasteiger partial charge in [-0.05, 0) is 50.4 Å². The number of carboxylic acids is 1. The molecule has 4 nitrogen and oxygen atoms in total. The van der Waals surface area contributed by atoms with Gasteiger partial charge in [-0.3, -0.25) is 9.59 Å². The molecule has 100 valence electrons. The van der Waals surface area contributed by atoms with Gasteiger partial charge >= 0.3 is 5.97 Å². The molecular formula is C13H18ClNO3. The SMILES string of the molecule is O=C(CCl)NC12CC3CC(C1)CC(C(=O)O)(C3)C2. The van der Waals surface area contributed by atoms with Gasteiger partial charge in [0.1, 0.15) is 5.88 Å². The molecule has 4 bridgehead atoms. The van der Waals surface area contributed by atoms with Gasteiger partial charge in [-0.1, -0.05) is 0 Å². The van der Waals surface area contributed by atoms with E-state index < -0.39 is 11.4 Å². The monoisotopic (exact) mass is 271 g/mol. The van der Waals surface area contributed by atoms with Crippen LogP contribution in [0.4, 0.5) is 0 Å². The van der Waals surface area contributed by atoms with Crippen molar-refractivity contribution in [2.45, 2.75) is 44.1 Å². The third-order valence-electron chi connectivity index (χ3n) is 5.04. The first kappa shape index (κ1) is 12.3. The first-order valence-electron chi connectivity index (χ1n) is 6.57. The largest absolute Gasteiger partial charge is 0.481 e. The van der Waals surface area contributed by atoms with Gasteiger partial charge in [-0.25, -0.2) is 0 Å². The molecule has 0 heterocycles. The van der Waals surface area contributed by atoms with E-state index in [-0.39, 0.29) is 17.3 Å². The van der Waals surface area contributed by atoms with Crippen LogP contribution in [-0.4, -0.2) is 28.4 Å². The number of amides is 1. The third-order valence-corrected chi connectivity index (χ3v) is 5.28. The van der Waals surface area contributed by atoms with Crippen LogP contribution in [0, 0.1) is 17.3 Å². The van der Waals surface area contributed by atoms with Crippen LogP contribution in [0.25, 0.3) is 0 Å². The summed E-state index contributed by atoms with van der Waals surface area (Å²) in [6.07, 6.45) is 5.16. The molecule has 4 aliphatic rings. The number of carboxylic acid groups (broad SMARTS) is 1. The number of hydrogen-bond donors (Lipinski definition) is 2. The zero-order valence-corrected chi connectivity index (χ0v) is 11.0. The predicted octanol–water partition coefficient (Wildman–Crippen LogP) is 1.76. The van der Waals surface area contributed by atoms with Crippen molar-refractivity contribution in [1.29, 1.82) is 0 Å². The van der Waals surface area contributed by atoms with Crippen molar-refractivity contribution in [1.82, 2.24) is 5.32 Å². The highest BCUT2D eigenvalue weighted by Crippen LogP contribution is 2.61. The molecule has 18 heavy (non-hydrogen) atoms. The molecule has 4 saturated carbocycles. The molecule has 0 aromatic heterocycles. The lowest BCUT2D eigenvalue weighted by Gasteiger charge is -2.60. The van der Waals surface area contributed by atoms with Crippen molar-refractivity contribution >= 4 is 23.5 Å². The summed E-state index contributed by atoms with van der Waals surface area (Å²) in [7, 11) is 0. The number of carbonyl (C=O) groups is 2. The Morgan fingerprint density at radius 1 is 1.22 bits per heavy atom. The van der Waals surface area contributed by atoms with E-state index in [4.69, 9.17) is 11.6 Å². The molecule has 4 aliphatic carbocycles. The van der Waals surface area contributed by atoms with Crippen molar-refractivity contribution < 1.29 is 14.7 Å². The summed E-state index contributed by atoms with van der Waals surface area (Å²) < 4.78 is 0. The number of aliphatic carboxylic acids is 1. The van der Waals surface area contributed by atoms with E-state index in [0.717, 1.165) is 32.1 Å². The average molecular weight is 272 g/mol. The second-order valence-electron chi connectivity index (χ2n) is 6.51. The van der Waals surface area contributed by atoms with E-state index in [9.17, 15) is 14.7 Å². The Kier molecular flexibility index (Phi) is 2.63. The molecule has 2 unspecified atom stereocenters. The van der Waals surface area contributed by atoms with Crippen LogP contribution in [-0.2, 0) is 9.59 Å². The van der Waals surface area contributed by atoms with E-state index in [1.54, 1.807) is 0 Å². The summed E-state index contributed by atoms with van der Waals surface area (Å²) >= 11 is 5.56. The van der Waals surface area contributed by atoms with Gasteiger partial charge in [0.25, 0.3) is 0 Å². The van der Waals surface area contributed by atoms with Crippen LogP contribution in [0.2, 0.25) is 0 Å². The maximum absolute atomic E-state index is 11.6. The Morgan fingerprint density at radius 2 is 1.83 bits per heavy atom. The van der Waals surface area contributed by atoms with Crippen LogP contribution in [0.1, 0.15) is 38.5 Å². The van der Waals surface area contributed by atoms with E-state index in [1.165, 1.54) is 0 Å². The average Bonchev–Trinajstić information content (AvgIpc) is 2.26. The fourth-order valence-corrected chi connectivity index (χ4v) is 5.05. The van der Waals surface area contributed by atoms with Gasteiger partial charge < -0.3 is 10.4 Å². The molecule has 0 radical (unpaired) electrons. The topological polar surface area (TPSA) is 66.4 Å². The van der Waals surface area contributed by atoms with Gasteiger partial charge in [0.05, 0.1) is 5.41 Å². The van der Waals surface area contributed by atoms with Gasteiger partial charge in [0.15, 0.2) is 0 Å². The normalized spacial score (nSPS) is 44.9. The Morgan fingerprint density at radius 3 is 2.33 bits per heavy atom. The van der Waals surface area contributed by atoms with Crippen molar-refractivity contribution in [2.75, 3.05) is 5.88 Å². The van der Waals surface area contributed by atoms with Crippen LogP contribution in [0.3, 0.4) is 0 Å². The zero-order chi connectivity index (χ0) is 13.0. The molecule has 4 fully saturated rings. The van der Waals surface area contributed by atoms with Crippen molar-refractivity contribution in [3.8, 4) is 0 Å². The number of carbonyl (C=O) groups excluding carboxylic acids is 1. The smallest absolute Gasteiger partial charge is 0.309 e. The minimum absolute atomic E-state index is 0.0445. The second-order valence-corrected chi connectivity index (χ2v) is 6.78. The first-order chi connectivity index (χ1) is 8.47. The van der Waals surface area contributed by atoms with E-state index in [2.05, 4.69) is 5.32 Å². The minimum atomic E-state index is -0.680. The standard InChI is InChI=1S/C13H18ClNO3/c14-6-10(16)15-13-4-8-1-9(5-13)3-12(2-8,7-13)11(17)18/h8-9H,1-7H2,(H,15,16)(H,17,18). The number of rotatable bonds is 3. The lowest BCUT2D eigenvalue weighted by Crippen LogP contribution is -2.64. The van der Waals surface area contributed by atoms with Gasteiger partial charge in [0, 0.05) is 5.54 Å². The summed E-state index contributed by atoms with van der Waals surface area (Å²) in [6, 6.07) is 0. The molecule has 0 saturated heterocycles. The number of nitrogens with one attached hydrogen (secondary N) is 1. The summed E-state index contributed by atoms with van der Waals surface area (Å²) in [5, 5.41) is 12.6. The Balaban J connectivity index is 1.89. The van der Waals surface area contributed by atoms with Crippen molar-refractivity contribution in [3.63, 3.8) is 0 Å². The zero-order valence-electron chi connectivity index (χ0n) is 10.2. The molecule has 1 amide bonds. The van der Waals surface area contributed by atoms with E-state index in [0.29, 0.717) is 18.3 Å². The van der Waals surface area contributed by atoms with Gasteiger partial charge in [0.2, 0.25) is 5.91 Å². The Bertz CT molecular complexity index is 395. The van der Waals surface area contributed by atoms with Crippen LogP contribution < -0.4 is 5.32 Å². The predicted molar refractivity (Wildman–Crippen MR) is 66.3 cm³/mol. The molecule has 2 atom stereocenters. The molecule has 0 spiro atoms. The molecule has 5 heteroatoms. The van der Waals surface area contributed by atoms with Crippen molar-refractivity contribution in [3.05, 3.63) is 0 Å². The summed E-state index contributed by atoms with van der Waals surface area (Å²) in [6.45, 7) is 0. The van der Waals surface area contributed by atoms with Gasteiger partial charge in [-0.15, -0.1) is 11.6 Å². The molecule has 0 aliphatic heterocycles. The Hall–Kier alpha value is -0.770. The lowest BCUT2D eigenvalue weighted by atomic mass is 9.47. The first-order valence-corrected chi connectivity index (χ1v) is 7.11. The van der Waals surface area contributed by atoms with Gasteiger partial charge in [-0.2, -0.15) is 0 Å². The Labute approximate surface area is 111 Å². The third kappa shape index (κ3) is 1.73. The second kappa shape index (κ2) is 3.86. The molecular weight excluding hydrogens is 254 g/mol. The summed E-state index contributed by atoms with van der Waals surface area (Å²) in [5.74, 6) is 0.0214. The fourth-order valence-electron chi connectivity index (χ4n) is 4.99. The summed E-state index contributed by atoms with van der Waals surface area (Å²) in [5.41, 5.74) is -0.891. The number of halogens is 1. The molecule has 4 rings (SSSR count). The van der Waals surface area contributed by atoms with E-state index >= 15 is 0 Å². The fraction of sp³-hybridized carbons (Fsp3) is 0.846. The summed E-state index contributed by atoms with van der Waals surface area (Å²) in [4.78, 5) is 23.2. The van der Waals surface area contributed by atoms with Crippen LogP contribution in [0.15, 0.2) is 0 Å². The number of alkyl halides is 1. The van der Waals surface area contributed by atoms with Crippen LogP contribution in [0.5, 0.6) is 0 Å². The minimum Gasteiger partial charge on any atom is -0.481 e. The highest BCUT2D eigenvalue weighted by molar-refractivity contribution is 6.27. The maximum atomic E-state index is 11.6. The molecule has 0 aromatic carbocycles. The number of hydrogen-bond acceptors (Lipinski definition) is 2. The van der Waals surface area contributed by atoms with Crippen molar-refractivity contribution in [2.24, 2.45) is 17.3 Å². The van der Waals surface area contributed by atoms with E-state index in [1.807, 2.05) is 0 Å². The molecule has 2 N–H and O–H groups in total. The highest BCUT2D eigenvalue weighted by Gasteiger charge is 2.61. The molecule has 0 aromatic rings. The van der Waals surface area contributed by atoms with Crippen LogP contribution >= 0.6 is 11.6 Å². The maximum Gasteiger partial charge on any atom is 0.309 e. The lowest BCUT2D eigenvalue weighted by molar-refractivity contribution is -0.169.